The summed E-state index contributed by atoms with van der Waals surface area (Å²) in [5.74, 6) is -1.46. The molecule has 1 atom stereocenters. The monoisotopic (exact) mass is 336 g/mol. The number of hydrogen-bond acceptors (Lipinski definition) is 4. The lowest BCUT2D eigenvalue weighted by atomic mass is 10.1. The third kappa shape index (κ3) is 8.17. The molecule has 132 valence electrons. The van der Waals surface area contributed by atoms with Gasteiger partial charge in [-0.25, -0.2) is 4.79 Å². The van der Waals surface area contributed by atoms with Crippen molar-refractivity contribution in [2.45, 2.75) is 45.3 Å². The van der Waals surface area contributed by atoms with Crippen molar-refractivity contribution >= 4 is 18.0 Å². The van der Waals surface area contributed by atoms with Gasteiger partial charge in [0.2, 0.25) is 5.91 Å². The number of carbonyl (C=O) groups excluding carboxylic acids is 2. The number of rotatable bonds is 7. The summed E-state index contributed by atoms with van der Waals surface area (Å²) >= 11 is 0. The smallest absolute Gasteiger partial charge is 0.408 e. The van der Waals surface area contributed by atoms with Crippen LogP contribution in [0.1, 0.15) is 32.8 Å². The van der Waals surface area contributed by atoms with E-state index >= 15 is 0 Å². The van der Waals surface area contributed by atoms with Gasteiger partial charge in [-0.2, -0.15) is 0 Å². The molecule has 0 aliphatic rings. The Bertz CT molecular complexity index is 566. The number of hydrogen-bond donors (Lipinski definition) is 3. The SMILES string of the molecule is CC(C)(C)OC(=O)NC(Cc1ccccc1)C(=O)NCCC(=O)O. The number of carboxylic acid groups (broad SMARTS) is 1. The van der Waals surface area contributed by atoms with Crippen molar-refractivity contribution in [3.8, 4) is 0 Å². The molecule has 0 aromatic heterocycles. The van der Waals surface area contributed by atoms with E-state index in [0.717, 1.165) is 5.56 Å². The molecular formula is C17H24N2O5. The Kier molecular flexibility index (Phi) is 7.23. The number of aliphatic carboxylic acids is 1. The predicted octanol–water partition coefficient (Wildman–Crippen LogP) is 1.71. The van der Waals surface area contributed by atoms with Crippen molar-refractivity contribution in [2.24, 2.45) is 0 Å². The molecule has 0 radical (unpaired) electrons. The normalized spacial score (nSPS) is 12.1. The number of ether oxygens (including phenoxy) is 1. The zero-order valence-corrected chi connectivity index (χ0v) is 14.2. The predicted molar refractivity (Wildman–Crippen MR) is 88.6 cm³/mol. The largest absolute Gasteiger partial charge is 0.481 e. The van der Waals surface area contributed by atoms with Gasteiger partial charge >= 0.3 is 12.1 Å². The summed E-state index contributed by atoms with van der Waals surface area (Å²) in [6.45, 7) is 5.18. The zero-order chi connectivity index (χ0) is 18.2. The summed E-state index contributed by atoms with van der Waals surface area (Å²) in [4.78, 5) is 34.7. The van der Waals surface area contributed by atoms with Crippen LogP contribution in [0.5, 0.6) is 0 Å². The Morgan fingerprint density at radius 3 is 2.33 bits per heavy atom. The molecule has 0 bridgehead atoms. The van der Waals surface area contributed by atoms with Crippen LogP contribution in [-0.2, 0) is 20.7 Å². The van der Waals surface area contributed by atoms with E-state index in [9.17, 15) is 14.4 Å². The lowest BCUT2D eigenvalue weighted by molar-refractivity contribution is -0.137. The Morgan fingerprint density at radius 1 is 1.17 bits per heavy atom. The lowest BCUT2D eigenvalue weighted by Crippen LogP contribution is -2.49. The third-order valence-corrected chi connectivity index (χ3v) is 2.93. The van der Waals surface area contributed by atoms with Gasteiger partial charge in [-0.15, -0.1) is 0 Å². The Hall–Kier alpha value is -2.57. The Balaban J connectivity index is 2.73. The van der Waals surface area contributed by atoms with Gasteiger partial charge in [0.25, 0.3) is 0 Å². The molecule has 7 nitrogen and oxygen atoms in total. The maximum absolute atomic E-state index is 12.3. The quantitative estimate of drug-likeness (QED) is 0.703. The molecule has 1 rings (SSSR count). The Labute approximate surface area is 141 Å². The zero-order valence-electron chi connectivity index (χ0n) is 14.2. The maximum Gasteiger partial charge on any atom is 0.408 e. The summed E-state index contributed by atoms with van der Waals surface area (Å²) in [6.07, 6.45) is -0.605. The molecule has 1 unspecified atom stereocenters. The summed E-state index contributed by atoms with van der Waals surface area (Å²) in [6, 6.07) is 8.36. The van der Waals surface area contributed by atoms with Crippen molar-refractivity contribution in [3.05, 3.63) is 35.9 Å². The minimum absolute atomic E-state index is 0.00451. The summed E-state index contributed by atoms with van der Waals surface area (Å²) in [7, 11) is 0. The second-order valence-electron chi connectivity index (χ2n) is 6.32. The van der Waals surface area contributed by atoms with Gasteiger partial charge in [0.15, 0.2) is 0 Å². The number of alkyl carbamates (subject to hydrolysis) is 1. The second-order valence-corrected chi connectivity index (χ2v) is 6.32. The van der Waals surface area contributed by atoms with Crippen LogP contribution in [0.15, 0.2) is 30.3 Å². The Morgan fingerprint density at radius 2 is 1.79 bits per heavy atom. The highest BCUT2D eigenvalue weighted by molar-refractivity contribution is 5.86. The lowest BCUT2D eigenvalue weighted by Gasteiger charge is -2.23. The summed E-state index contributed by atoms with van der Waals surface area (Å²) < 4.78 is 5.17. The standard InChI is InChI=1S/C17H24N2O5/c1-17(2,3)24-16(23)19-13(11-12-7-5-4-6-8-12)15(22)18-10-9-14(20)21/h4-8,13H,9-11H2,1-3H3,(H,18,22)(H,19,23)(H,20,21). The van der Waals surface area contributed by atoms with E-state index in [4.69, 9.17) is 9.84 Å². The van der Waals surface area contributed by atoms with Crippen molar-refractivity contribution in [3.63, 3.8) is 0 Å². The van der Waals surface area contributed by atoms with Crippen LogP contribution >= 0.6 is 0 Å². The molecule has 7 heteroatoms. The highest BCUT2D eigenvalue weighted by Gasteiger charge is 2.24. The fourth-order valence-corrected chi connectivity index (χ4v) is 1.92. The van der Waals surface area contributed by atoms with Gasteiger partial charge in [-0.1, -0.05) is 30.3 Å². The molecule has 24 heavy (non-hydrogen) atoms. The van der Waals surface area contributed by atoms with Crippen molar-refractivity contribution in [1.82, 2.24) is 10.6 Å². The van der Waals surface area contributed by atoms with E-state index in [-0.39, 0.29) is 19.4 Å². The minimum Gasteiger partial charge on any atom is -0.481 e. The number of carboxylic acids is 1. The van der Waals surface area contributed by atoms with E-state index in [1.54, 1.807) is 20.8 Å². The van der Waals surface area contributed by atoms with Crippen LogP contribution < -0.4 is 10.6 Å². The van der Waals surface area contributed by atoms with Gasteiger partial charge in [-0.3, -0.25) is 9.59 Å². The van der Waals surface area contributed by atoms with Crippen LogP contribution in [0.4, 0.5) is 4.79 Å². The molecule has 2 amide bonds. The van der Waals surface area contributed by atoms with Crippen molar-refractivity contribution in [2.75, 3.05) is 6.54 Å². The molecule has 1 aromatic rings. The first-order valence-corrected chi connectivity index (χ1v) is 7.70. The van der Waals surface area contributed by atoms with Crippen LogP contribution in [0.2, 0.25) is 0 Å². The van der Waals surface area contributed by atoms with Gasteiger partial charge in [-0.05, 0) is 26.3 Å². The average Bonchev–Trinajstić information content (AvgIpc) is 2.45. The van der Waals surface area contributed by atoms with Gasteiger partial charge < -0.3 is 20.5 Å². The van der Waals surface area contributed by atoms with E-state index in [1.807, 2.05) is 30.3 Å². The first-order valence-electron chi connectivity index (χ1n) is 7.70. The van der Waals surface area contributed by atoms with Gasteiger partial charge in [0, 0.05) is 13.0 Å². The van der Waals surface area contributed by atoms with E-state index in [1.165, 1.54) is 0 Å². The van der Waals surface area contributed by atoms with Crippen LogP contribution in [0.3, 0.4) is 0 Å². The minimum atomic E-state index is -1.00. The van der Waals surface area contributed by atoms with Gasteiger partial charge in [0.1, 0.15) is 11.6 Å². The highest BCUT2D eigenvalue weighted by atomic mass is 16.6. The third-order valence-electron chi connectivity index (χ3n) is 2.93. The molecule has 0 heterocycles. The second kappa shape index (κ2) is 8.90. The molecule has 3 N–H and O–H groups in total. The summed E-state index contributed by atoms with van der Waals surface area (Å²) in [5, 5.41) is 13.7. The molecule has 0 saturated heterocycles. The summed E-state index contributed by atoms with van der Waals surface area (Å²) in [5.41, 5.74) is 0.188. The van der Waals surface area contributed by atoms with Crippen LogP contribution in [-0.4, -0.2) is 41.3 Å². The highest BCUT2D eigenvalue weighted by Crippen LogP contribution is 2.08. The average molecular weight is 336 g/mol. The van der Waals surface area contributed by atoms with Crippen molar-refractivity contribution < 1.29 is 24.2 Å². The van der Waals surface area contributed by atoms with E-state index in [0.29, 0.717) is 0 Å². The molecule has 0 fully saturated rings. The maximum atomic E-state index is 12.3. The fraction of sp³-hybridized carbons (Fsp3) is 0.471. The topological polar surface area (TPSA) is 105 Å². The fourth-order valence-electron chi connectivity index (χ4n) is 1.92. The molecule has 0 aliphatic heterocycles. The van der Waals surface area contributed by atoms with E-state index in [2.05, 4.69) is 10.6 Å². The molecule has 0 aliphatic carbocycles. The first-order chi connectivity index (χ1) is 11.2. The molecule has 0 spiro atoms. The number of benzene rings is 1. The van der Waals surface area contributed by atoms with Crippen LogP contribution in [0.25, 0.3) is 0 Å². The van der Waals surface area contributed by atoms with E-state index < -0.39 is 29.6 Å². The van der Waals surface area contributed by atoms with Crippen LogP contribution in [0, 0.1) is 0 Å². The molecule has 0 saturated carbocycles. The first kappa shape index (κ1) is 19.5. The number of amides is 2. The molecular weight excluding hydrogens is 312 g/mol. The molecule has 1 aromatic carbocycles. The number of carbonyl (C=O) groups is 3. The van der Waals surface area contributed by atoms with Gasteiger partial charge in [0.05, 0.1) is 6.42 Å². The number of nitrogens with one attached hydrogen (secondary N) is 2. The van der Waals surface area contributed by atoms with Crippen molar-refractivity contribution in [1.29, 1.82) is 0 Å².